The van der Waals surface area contributed by atoms with E-state index < -0.39 is 12.3 Å². The van der Waals surface area contributed by atoms with Gasteiger partial charge in [0, 0.05) is 80.3 Å². The zero-order valence-corrected chi connectivity index (χ0v) is 39.7. The van der Waals surface area contributed by atoms with Crippen molar-refractivity contribution in [3.05, 3.63) is 153 Å². The Balaban J connectivity index is 1.09. The minimum absolute atomic E-state index is 0.00991. The van der Waals surface area contributed by atoms with Crippen LogP contribution in [0.1, 0.15) is 80.4 Å². The number of carbonyl (C=O) groups is 3. The maximum absolute atomic E-state index is 15.1. The highest BCUT2D eigenvalue weighted by Gasteiger charge is 2.33. The molecule has 1 aromatic heterocycles. The maximum atomic E-state index is 15.1. The van der Waals surface area contributed by atoms with Crippen LogP contribution in [0.4, 0.5) is 14.5 Å². The van der Waals surface area contributed by atoms with Crippen molar-refractivity contribution >= 4 is 29.6 Å². The van der Waals surface area contributed by atoms with E-state index in [1.807, 2.05) is 82.8 Å². The van der Waals surface area contributed by atoms with E-state index in [2.05, 4.69) is 48.0 Å². The van der Waals surface area contributed by atoms with Crippen LogP contribution in [0.15, 0.2) is 114 Å². The normalized spacial score (nSPS) is 16.6. The van der Waals surface area contributed by atoms with Gasteiger partial charge in [0.05, 0.1) is 24.3 Å². The molecule has 68 heavy (non-hydrogen) atoms. The van der Waals surface area contributed by atoms with Crippen LogP contribution in [0.3, 0.4) is 0 Å². The molecule has 0 spiro atoms. The highest BCUT2D eigenvalue weighted by atomic mass is 19.3. The molecule has 0 unspecified atom stereocenters. The van der Waals surface area contributed by atoms with Crippen molar-refractivity contribution in [2.75, 3.05) is 45.2 Å². The molecule has 0 saturated carbocycles. The van der Waals surface area contributed by atoms with E-state index in [0.717, 1.165) is 47.5 Å². The number of likely N-dealkylation sites (tertiary alicyclic amines) is 1. The second-order valence-corrected chi connectivity index (χ2v) is 18.3. The van der Waals surface area contributed by atoms with Gasteiger partial charge in [0.25, 0.3) is 18.2 Å². The zero-order chi connectivity index (χ0) is 47.9. The standard InChI is InChI=1S/C56H60F2N6O4/c1-38-30-42-12-9-10-13-44(42)37-63(38)55(66)51-33-45-36-62(54(65)31-41-18-20-48(21-19-41)68-29-25-40-22-26-60(4)27-23-40)28-24-43(45)32-50(51)52-34-49(39(2)61(52)5)56(67)64(46-14-7-6-8-15-46)47(35-59-3)16-11-17-53(57)58/h6-10,12-16,18-21,32-35,38,40,53H,22-31,36-37H2,1-5H3/b47-16+,59-35?/t38-/m1/s1. The van der Waals surface area contributed by atoms with E-state index in [-0.39, 0.29) is 30.0 Å². The largest absolute Gasteiger partial charge is 0.494 e. The predicted molar refractivity (Wildman–Crippen MR) is 264 cm³/mol. The summed E-state index contributed by atoms with van der Waals surface area (Å²) in [6.45, 7) is 8.20. The van der Waals surface area contributed by atoms with E-state index >= 15 is 4.79 Å². The van der Waals surface area contributed by atoms with Gasteiger partial charge >= 0.3 is 0 Å². The maximum Gasteiger partial charge on any atom is 0.299 e. The Morgan fingerprint density at radius 1 is 0.868 bits per heavy atom. The Kier molecular flexibility index (Phi) is 15.0. The molecule has 1 atom stereocenters. The van der Waals surface area contributed by atoms with Crippen LogP contribution < -0.4 is 9.64 Å². The van der Waals surface area contributed by atoms with E-state index in [0.29, 0.717) is 78.8 Å². The van der Waals surface area contributed by atoms with Crippen molar-refractivity contribution < 1.29 is 27.9 Å². The number of piperidine rings is 1. The first-order chi connectivity index (χ1) is 32.9. The predicted octanol–water partition coefficient (Wildman–Crippen LogP) is 9.33. The molecular weight excluding hydrogens is 859 g/mol. The second-order valence-electron chi connectivity index (χ2n) is 18.3. The van der Waals surface area contributed by atoms with E-state index in [4.69, 9.17) is 4.74 Å². The quantitative estimate of drug-likeness (QED) is 0.0920. The summed E-state index contributed by atoms with van der Waals surface area (Å²) >= 11 is 0. The highest BCUT2D eigenvalue weighted by Crippen LogP contribution is 2.36. The molecule has 0 aliphatic carbocycles. The van der Waals surface area contributed by atoms with Gasteiger partial charge in [0.15, 0.2) is 0 Å². The molecule has 5 aromatic rings. The van der Waals surface area contributed by atoms with Crippen LogP contribution in [0, 0.1) is 24.7 Å². The van der Waals surface area contributed by atoms with Gasteiger partial charge in [-0.3, -0.25) is 24.3 Å². The first kappa shape index (κ1) is 47.6. The fourth-order valence-electron chi connectivity index (χ4n) is 9.73. The molecule has 4 aromatic carbocycles. The SMILES string of the molecule is CN=C/C(=C\C#CC(F)F)N(C(=O)c1cc(-c2cc3c(cc2C(=O)N2Cc4ccccc4C[C@H]2C)CN(C(=O)Cc2ccc(OCCC4CCN(C)CC4)cc2)CC3)n(C)c1C)c1ccccc1. The van der Waals surface area contributed by atoms with E-state index in [1.54, 1.807) is 30.3 Å². The molecule has 1 saturated heterocycles. The third-order valence-electron chi connectivity index (χ3n) is 13.8. The number of aliphatic imine (C=N–C) groups is 1. The number of anilines is 1. The van der Waals surface area contributed by atoms with Crippen LogP contribution in [0.2, 0.25) is 0 Å². The lowest BCUT2D eigenvalue weighted by Gasteiger charge is -2.36. The monoisotopic (exact) mass is 918 g/mol. The number of hydrogen-bond acceptors (Lipinski definition) is 6. The van der Waals surface area contributed by atoms with E-state index in [9.17, 15) is 18.4 Å². The number of allylic oxidation sites excluding steroid dienone is 2. The van der Waals surface area contributed by atoms with Gasteiger partial charge < -0.3 is 24.0 Å². The minimum Gasteiger partial charge on any atom is -0.494 e. The van der Waals surface area contributed by atoms with Crippen LogP contribution in [-0.4, -0.2) is 96.0 Å². The van der Waals surface area contributed by atoms with Crippen LogP contribution in [-0.2, 0) is 44.2 Å². The average molecular weight is 919 g/mol. The first-order valence-electron chi connectivity index (χ1n) is 23.6. The zero-order valence-electron chi connectivity index (χ0n) is 39.7. The first-order valence-corrected chi connectivity index (χ1v) is 23.6. The van der Waals surface area contributed by atoms with Crippen molar-refractivity contribution in [3.8, 4) is 28.8 Å². The number of carbonyl (C=O) groups excluding carboxylic acids is 3. The Bertz CT molecular complexity index is 2760. The lowest BCUT2D eigenvalue weighted by atomic mass is 9.89. The lowest BCUT2D eigenvalue weighted by Crippen LogP contribution is -2.43. The molecule has 1 fully saturated rings. The molecule has 0 bridgehead atoms. The fourth-order valence-corrected chi connectivity index (χ4v) is 9.73. The molecule has 4 heterocycles. The second kappa shape index (κ2) is 21.4. The summed E-state index contributed by atoms with van der Waals surface area (Å²) in [4.78, 5) is 55.7. The number of rotatable bonds is 12. The topological polar surface area (TPSA) is 90.7 Å². The van der Waals surface area contributed by atoms with Crippen molar-refractivity contribution in [1.29, 1.82) is 0 Å². The summed E-state index contributed by atoms with van der Waals surface area (Å²) in [7, 11) is 5.58. The smallest absolute Gasteiger partial charge is 0.299 e. The number of amides is 3. The highest BCUT2D eigenvalue weighted by molar-refractivity contribution is 6.14. The number of benzene rings is 4. The van der Waals surface area contributed by atoms with Crippen LogP contribution in [0.5, 0.6) is 5.75 Å². The van der Waals surface area contributed by atoms with Gasteiger partial charge in [-0.15, -0.1) is 0 Å². The molecule has 0 radical (unpaired) electrons. The molecule has 352 valence electrons. The Hall–Kier alpha value is -6.84. The summed E-state index contributed by atoms with van der Waals surface area (Å²) in [5.41, 5.74) is 8.69. The van der Waals surface area contributed by atoms with Gasteiger partial charge in [0.2, 0.25) is 5.91 Å². The van der Waals surface area contributed by atoms with Crippen molar-refractivity contribution in [2.45, 2.75) is 77.9 Å². The van der Waals surface area contributed by atoms with Crippen molar-refractivity contribution in [2.24, 2.45) is 18.0 Å². The number of aromatic nitrogens is 1. The van der Waals surface area contributed by atoms with Crippen molar-refractivity contribution in [3.63, 3.8) is 0 Å². The molecule has 0 N–H and O–H groups in total. The number of hydrogen-bond donors (Lipinski definition) is 0. The van der Waals surface area contributed by atoms with Crippen LogP contribution >= 0.6 is 0 Å². The minimum atomic E-state index is -2.85. The number of fused-ring (bicyclic) bond motifs is 2. The lowest BCUT2D eigenvalue weighted by molar-refractivity contribution is -0.131. The molecule has 8 rings (SSSR count). The summed E-state index contributed by atoms with van der Waals surface area (Å²) in [6.07, 6.45) is 4.84. The number of ether oxygens (including phenoxy) is 1. The molecule has 3 aliphatic rings. The Morgan fingerprint density at radius 3 is 2.31 bits per heavy atom. The van der Waals surface area contributed by atoms with E-state index in [1.165, 1.54) is 42.6 Å². The average Bonchev–Trinajstić information content (AvgIpc) is 3.64. The molecule has 12 heteroatoms. The van der Waals surface area contributed by atoms with Gasteiger partial charge in [-0.1, -0.05) is 60.5 Å². The van der Waals surface area contributed by atoms with Gasteiger partial charge in [0.1, 0.15) is 5.75 Å². The van der Waals surface area contributed by atoms with Crippen LogP contribution in [0.25, 0.3) is 11.3 Å². The third kappa shape index (κ3) is 10.8. The number of para-hydroxylation sites is 1. The molecule has 3 aliphatic heterocycles. The third-order valence-corrected chi connectivity index (χ3v) is 13.8. The van der Waals surface area contributed by atoms with Gasteiger partial charge in [-0.25, -0.2) is 0 Å². The van der Waals surface area contributed by atoms with Gasteiger partial charge in [-0.05, 0) is 148 Å². The molecule has 3 amide bonds. The van der Waals surface area contributed by atoms with Crippen molar-refractivity contribution in [1.82, 2.24) is 19.3 Å². The number of halogens is 2. The Labute approximate surface area is 398 Å². The molecule has 10 nitrogen and oxygen atoms in total. The Morgan fingerprint density at radius 2 is 1.59 bits per heavy atom. The summed E-state index contributed by atoms with van der Waals surface area (Å²) < 4.78 is 34.3. The fraction of sp³-hybridized carbons (Fsp3) is 0.357. The van der Waals surface area contributed by atoms with Gasteiger partial charge in [-0.2, -0.15) is 8.78 Å². The molecular formula is C56H60F2N6O4. The summed E-state index contributed by atoms with van der Waals surface area (Å²) in [6, 6.07) is 30.7. The number of alkyl halides is 2. The summed E-state index contributed by atoms with van der Waals surface area (Å²) in [5.74, 6) is 5.19. The summed E-state index contributed by atoms with van der Waals surface area (Å²) in [5, 5.41) is 0. The number of nitrogens with zero attached hydrogens (tertiary/aromatic N) is 6.